The molecule has 0 saturated carbocycles. The molecular weight excluding hydrogens is 428 g/mol. The monoisotopic (exact) mass is 440 g/mol. The number of non-ortho nitro benzene ring substituents is 1. The van der Waals surface area contributed by atoms with Gasteiger partial charge in [0.25, 0.3) is 17.2 Å². The lowest BCUT2D eigenvalue weighted by atomic mass is 10.1. The van der Waals surface area contributed by atoms with Gasteiger partial charge in [0, 0.05) is 23.1 Å². The fourth-order valence-corrected chi connectivity index (χ4v) is 4.26. The highest BCUT2D eigenvalue weighted by molar-refractivity contribution is 7.17. The Balaban J connectivity index is 1.77. The van der Waals surface area contributed by atoms with Crippen molar-refractivity contribution in [2.75, 3.05) is 5.43 Å². The van der Waals surface area contributed by atoms with Gasteiger partial charge in [0.15, 0.2) is 0 Å². The molecule has 150 valence electrons. The van der Waals surface area contributed by atoms with Crippen LogP contribution >= 0.6 is 22.9 Å². The average Bonchev–Trinajstić information content (AvgIpc) is 3.15. The first kappa shape index (κ1) is 19.7. The third-order valence-electron chi connectivity index (χ3n) is 4.48. The number of nitrogens with one attached hydrogen (secondary N) is 1. The van der Waals surface area contributed by atoms with Crippen molar-refractivity contribution in [3.63, 3.8) is 0 Å². The minimum atomic E-state index is -0.683. The van der Waals surface area contributed by atoms with Crippen molar-refractivity contribution in [2.24, 2.45) is 0 Å². The molecular formula is C20H13ClN4O4S. The van der Waals surface area contributed by atoms with Gasteiger partial charge in [-0.1, -0.05) is 41.9 Å². The second kappa shape index (κ2) is 7.69. The smallest absolute Gasteiger partial charge is 0.267 e. The quantitative estimate of drug-likeness (QED) is 0.374. The summed E-state index contributed by atoms with van der Waals surface area (Å²) in [6, 6.07) is 12.9. The third kappa shape index (κ3) is 3.44. The fraction of sp³-hybridized carbons (Fsp3) is 0.0500. The van der Waals surface area contributed by atoms with Gasteiger partial charge in [0.05, 0.1) is 20.9 Å². The van der Waals surface area contributed by atoms with Crippen LogP contribution in [0.25, 0.3) is 21.3 Å². The molecule has 2 heterocycles. The van der Waals surface area contributed by atoms with Crippen LogP contribution in [-0.4, -0.2) is 20.5 Å². The zero-order valence-corrected chi connectivity index (χ0v) is 17.0. The lowest BCUT2D eigenvalue weighted by Crippen LogP contribution is -2.35. The highest BCUT2D eigenvalue weighted by Crippen LogP contribution is 2.30. The summed E-state index contributed by atoms with van der Waals surface area (Å²) in [5, 5.41) is 13.0. The van der Waals surface area contributed by atoms with Crippen LogP contribution in [0.2, 0.25) is 5.02 Å². The lowest BCUT2D eigenvalue weighted by molar-refractivity contribution is -0.384. The molecule has 0 saturated heterocycles. The molecule has 1 N–H and O–H groups in total. The molecule has 8 nitrogen and oxygen atoms in total. The maximum absolute atomic E-state index is 13.2. The number of aryl methyl sites for hydroxylation is 1. The third-order valence-corrected chi connectivity index (χ3v) is 5.67. The number of hydrogen-bond donors (Lipinski definition) is 1. The topological polar surface area (TPSA) is 107 Å². The standard InChI is InChI=1S/C20H13ClN4O4S/c1-11-22-19-17(15(10-30-19)12-5-3-2-4-6-12)20(27)24(11)23-18(26)14-8-7-13(25(28)29)9-16(14)21/h2-10H,1H3,(H,23,26). The zero-order chi connectivity index (χ0) is 21.4. The normalized spacial score (nSPS) is 10.9. The van der Waals surface area contributed by atoms with E-state index in [4.69, 9.17) is 11.6 Å². The van der Waals surface area contributed by atoms with E-state index in [1.54, 1.807) is 6.92 Å². The van der Waals surface area contributed by atoms with Crippen molar-refractivity contribution in [3.05, 3.63) is 90.8 Å². The van der Waals surface area contributed by atoms with E-state index < -0.39 is 16.4 Å². The Kier molecular flexibility index (Phi) is 5.06. The molecule has 30 heavy (non-hydrogen) atoms. The van der Waals surface area contributed by atoms with E-state index in [0.29, 0.717) is 16.0 Å². The number of halogens is 1. The Bertz CT molecular complexity index is 1360. The maximum atomic E-state index is 13.2. The Hall–Kier alpha value is -3.56. The Morgan fingerprint density at radius 1 is 1.23 bits per heavy atom. The Labute approximate surface area is 178 Å². The van der Waals surface area contributed by atoms with Gasteiger partial charge in [-0.3, -0.25) is 25.1 Å². The number of benzene rings is 2. The number of carbonyl (C=O) groups is 1. The van der Waals surface area contributed by atoms with Crippen LogP contribution in [0.15, 0.2) is 58.7 Å². The largest absolute Gasteiger partial charge is 0.281 e. The number of aromatic nitrogens is 2. The van der Waals surface area contributed by atoms with Crippen LogP contribution in [0.4, 0.5) is 5.69 Å². The van der Waals surface area contributed by atoms with Gasteiger partial charge in [-0.25, -0.2) is 9.66 Å². The molecule has 4 aromatic rings. The van der Waals surface area contributed by atoms with Crippen LogP contribution in [0, 0.1) is 17.0 Å². The van der Waals surface area contributed by atoms with Crippen LogP contribution in [0.5, 0.6) is 0 Å². The maximum Gasteiger partial charge on any atom is 0.281 e. The van der Waals surface area contributed by atoms with Crippen LogP contribution in [0.3, 0.4) is 0 Å². The summed E-state index contributed by atoms with van der Waals surface area (Å²) in [6.07, 6.45) is 0. The van der Waals surface area contributed by atoms with E-state index >= 15 is 0 Å². The average molecular weight is 441 g/mol. The summed E-state index contributed by atoms with van der Waals surface area (Å²) in [5.41, 5.74) is 3.43. The van der Waals surface area contributed by atoms with Crippen molar-refractivity contribution >= 4 is 44.7 Å². The lowest BCUT2D eigenvalue weighted by Gasteiger charge is -2.12. The van der Waals surface area contributed by atoms with Crippen molar-refractivity contribution in [1.82, 2.24) is 9.66 Å². The summed E-state index contributed by atoms with van der Waals surface area (Å²) >= 11 is 7.38. The SMILES string of the molecule is Cc1nc2scc(-c3ccccc3)c2c(=O)n1NC(=O)c1ccc([N+](=O)[O-])cc1Cl. The van der Waals surface area contributed by atoms with Crippen LogP contribution in [-0.2, 0) is 0 Å². The number of carbonyl (C=O) groups excluding carboxylic acids is 1. The van der Waals surface area contributed by atoms with Gasteiger partial charge in [0.1, 0.15) is 10.7 Å². The number of nitrogens with zero attached hydrogens (tertiary/aromatic N) is 3. The van der Waals surface area contributed by atoms with Crippen molar-refractivity contribution in [1.29, 1.82) is 0 Å². The predicted octanol–water partition coefficient (Wildman–Crippen LogP) is 4.38. The first-order valence-electron chi connectivity index (χ1n) is 8.68. The molecule has 0 fully saturated rings. The molecule has 0 radical (unpaired) electrons. The van der Waals surface area contributed by atoms with E-state index in [0.717, 1.165) is 21.9 Å². The highest BCUT2D eigenvalue weighted by atomic mass is 35.5. The summed E-state index contributed by atoms with van der Waals surface area (Å²) in [5.74, 6) is -0.391. The number of amides is 1. The molecule has 1 amide bonds. The molecule has 0 unspecified atom stereocenters. The van der Waals surface area contributed by atoms with Gasteiger partial charge >= 0.3 is 0 Å². The number of nitro benzene ring substituents is 1. The van der Waals surface area contributed by atoms with E-state index in [2.05, 4.69) is 10.4 Å². The number of thiophene rings is 1. The summed E-state index contributed by atoms with van der Waals surface area (Å²) < 4.78 is 1.06. The Morgan fingerprint density at radius 2 is 1.97 bits per heavy atom. The molecule has 4 rings (SSSR count). The van der Waals surface area contributed by atoms with E-state index in [9.17, 15) is 19.7 Å². The molecule has 2 aromatic carbocycles. The second-order valence-electron chi connectivity index (χ2n) is 6.36. The number of nitro groups is 1. The van der Waals surface area contributed by atoms with Crippen LogP contribution in [0.1, 0.15) is 16.2 Å². The van der Waals surface area contributed by atoms with Gasteiger partial charge in [-0.05, 0) is 18.6 Å². The summed E-state index contributed by atoms with van der Waals surface area (Å²) in [4.78, 5) is 41.1. The van der Waals surface area contributed by atoms with E-state index in [-0.39, 0.29) is 16.3 Å². The zero-order valence-electron chi connectivity index (χ0n) is 15.5. The second-order valence-corrected chi connectivity index (χ2v) is 7.62. The van der Waals surface area contributed by atoms with E-state index in [1.807, 2.05) is 35.7 Å². The van der Waals surface area contributed by atoms with Gasteiger partial charge in [-0.15, -0.1) is 11.3 Å². The molecule has 2 aromatic heterocycles. The van der Waals surface area contributed by atoms with E-state index in [1.165, 1.54) is 23.5 Å². The minimum absolute atomic E-state index is 0.00210. The molecule has 0 atom stereocenters. The first-order chi connectivity index (χ1) is 14.4. The number of fused-ring (bicyclic) bond motifs is 1. The first-order valence-corrected chi connectivity index (χ1v) is 9.94. The minimum Gasteiger partial charge on any atom is -0.267 e. The van der Waals surface area contributed by atoms with Crippen molar-refractivity contribution < 1.29 is 9.72 Å². The molecule has 10 heteroatoms. The molecule has 0 aliphatic carbocycles. The Morgan fingerprint density at radius 3 is 2.63 bits per heavy atom. The fourth-order valence-electron chi connectivity index (χ4n) is 3.02. The van der Waals surface area contributed by atoms with Gasteiger partial charge < -0.3 is 0 Å². The molecule has 0 aliphatic rings. The van der Waals surface area contributed by atoms with Crippen molar-refractivity contribution in [3.8, 4) is 11.1 Å². The molecule has 0 aliphatic heterocycles. The summed E-state index contributed by atoms with van der Waals surface area (Å²) in [6.45, 7) is 1.60. The highest BCUT2D eigenvalue weighted by Gasteiger charge is 2.19. The molecule has 0 spiro atoms. The van der Waals surface area contributed by atoms with Crippen LogP contribution < -0.4 is 11.0 Å². The number of rotatable bonds is 4. The number of hydrogen-bond acceptors (Lipinski definition) is 6. The summed E-state index contributed by atoms with van der Waals surface area (Å²) in [7, 11) is 0. The predicted molar refractivity (Wildman–Crippen MR) is 116 cm³/mol. The van der Waals surface area contributed by atoms with Gasteiger partial charge in [0.2, 0.25) is 0 Å². The van der Waals surface area contributed by atoms with Crippen molar-refractivity contribution in [2.45, 2.75) is 6.92 Å². The molecule has 0 bridgehead atoms. The van der Waals surface area contributed by atoms with Gasteiger partial charge in [-0.2, -0.15) is 0 Å².